The first kappa shape index (κ1) is 15.0. The molecule has 1 aromatic heterocycles. The Hall–Kier alpha value is 0.580. The van der Waals surface area contributed by atoms with E-state index >= 15 is 0 Å². The Morgan fingerprint density at radius 2 is 2.22 bits per heavy atom. The van der Waals surface area contributed by atoms with Gasteiger partial charge in [-0.15, -0.1) is 11.3 Å². The predicted molar refractivity (Wildman–Crippen MR) is 86.0 cm³/mol. The van der Waals surface area contributed by atoms with Crippen molar-refractivity contribution in [1.29, 1.82) is 0 Å². The minimum atomic E-state index is 0.680. The zero-order valence-corrected chi connectivity index (χ0v) is 14.7. The van der Waals surface area contributed by atoms with Gasteiger partial charge in [0.2, 0.25) is 0 Å². The summed E-state index contributed by atoms with van der Waals surface area (Å²) in [5, 5.41) is 0. The Balaban J connectivity index is 2.04. The Labute approximate surface area is 130 Å². The first-order valence-electron chi connectivity index (χ1n) is 6.53. The summed E-state index contributed by atoms with van der Waals surface area (Å²) in [5.41, 5.74) is 5.90. The van der Waals surface area contributed by atoms with E-state index in [0.29, 0.717) is 12.0 Å². The van der Waals surface area contributed by atoms with Gasteiger partial charge in [0.15, 0.2) is 0 Å². The van der Waals surface area contributed by atoms with E-state index in [2.05, 4.69) is 49.7 Å². The van der Waals surface area contributed by atoms with Crippen molar-refractivity contribution in [3.8, 4) is 0 Å². The van der Waals surface area contributed by atoms with Crippen molar-refractivity contribution in [3.63, 3.8) is 0 Å². The number of rotatable bonds is 5. The molecule has 102 valence electrons. The van der Waals surface area contributed by atoms with Gasteiger partial charge in [-0.25, -0.2) is 0 Å². The molecule has 2 unspecified atom stereocenters. The molecule has 0 amide bonds. The van der Waals surface area contributed by atoms with Crippen LogP contribution in [0, 0.1) is 5.92 Å². The van der Waals surface area contributed by atoms with Crippen LogP contribution in [0.25, 0.3) is 0 Å². The first-order valence-corrected chi connectivity index (χ1v) is 8.93. The topological polar surface area (TPSA) is 29.3 Å². The van der Waals surface area contributed by atoms with Gasteiger partial charge in [-0.2, -0.15) is 0 Å². The van der Waals surface area contributed by atoms with Gasteiger partial charge in [0.1, 0.15) is 0 Å². The zero-order valence-electron chi connectivity index (χ0n) is 10.7. The summed E-state index contributed by atoms with van der Waals surface area (Å²) in [7, 11) is 0. The average Bonchev–Trinajstić information content (AvgIpc) is 2.94. The second kappa shape index (κ2) is 6.84. The third kappa shape index (κ3) is 3.37. The first-order chi connectivity index (χ1) is 8.65. The van der Waals surface area contributed by atoms with Crippen LogP contribution in [-0.2, 0) is 6.54 Å². The minimum absolute atomic E-state index is 0.680. The summed E-state index contributed by atoms with van der Waals surface area (Å²) in [4.78, 5) is 4.01. The molecule has 1 aromatic rings. The summed E-state index contributed by atoms with van der Waals surface area (Å²) in [6, 6.07) is 2.91. The number of nitrogens with zero attached hydrogens (tertiary/aromatic N) is 1. The van der Waals surface area contributed by atoms with E-state index in [1.54, 1.807) is 0 Å². The number of hydrogen-bond acceptors (Lipinski definition) is 3. The van der Waals surface area contributed by atoms with Crippen molar-refractivity contribution < 1.29 is 0 Å². The molecule has 2 N–H and O–H groups in total. The highest BCUT2D eigenvalue weighted by atomic mass is 79.9. The fourth-order valence-corrected chi connectivity index (χ4v) is 5.11. The fourth-order valence-electron chi connectivity index (χ4n) is 2.91. The largest absolute Gasteiger partial charge is 0.330 e. The molecule has 0 saturated heterocycles. The summed E-state index contributed by atoms with van der Waals surface area (Å²) in [5.74, 6) is 0.691. The number of halogens is 2. The molecule has 18 heavy (non-hydrogen) atoms. The second-order valence-corrected chi connectivity index (χ2v) is 8.20. The number of thiophene rings is 1. The molecule has 0 radical (unpaired) electrons. The van der Waals surface area contributed by atoms with Crippen LogP contribution in [0.2, 0.25) is 0 Å². The van der Waals surface area contributed by atoms with Crippen LogP contribution in [0.1, 0.15) is 31.1 Å². The standard InChI is InChI=1S/C13H20Br2N2S/c1-2-17(12-5-3-4-9(12)7-16)8-10-6-11(14)13(15)18-10/h6,9,12H,2-5,7-8,16H2,1H3. The van der Waals surface area contributed by atoms with E-state index in [1.165, 1.54) is 32.4 Å². The summed E-state index contributed by atoms with van der Waals surface area (Å²) >= 11 is 8.95. The van der Waals surface area contributed by atoms with Gasteiger partial charge in [0.05, 0.1) is 3.79 Å². The smallest absolute Gasteiger partial charge is 0.0843 e. The van der Waals surface area contributed by atoms with Crippen molar-refractivity contribution in [1.82, 2.24) is 4.90 Å². The van der Waals surface area contributed by atoms with Gasteiger partial charge in [0, 0.05) is 21.9 Å². The number of nitrogens with two attached hydrogens (primary N) is 1. The molecular weight excluding hydrogens is 376 g/mol. The lowest BCUT2D eigenvalue weighted by Gasteiger charge is -2.31. The molecule has 1 aliphatic carbocycles. The van der Waals surface area contributed by atoms with Crippen LogP contribution in [0.15, 0.2) is 14.3 Å². The van der Waals surface area contributed by atoms with Crippen molar-refractivity contribution in [2.75, 3.05) is 13.1 Å². The van der Waals surface area contributed by atoms with E-state index in [9.17, 15) is 0 Å². The maximum atomic E-state index is 5.90. The quantitative estimate of drug-likeness (QED) is 0.808. The molecule has 5 heteroatoms. The normalized spacial score (nSPS) is 24.1. The second-order valence-electron chi connectivity index (χ2n) is 4.89. The summed E-state index contributed by atoms with van der Waals surface area (Å²) in [6.07, 6.45) is 3.94. The fraction of sp³-hybridized carbons (Fsp3) is 0.692. The third-order valence-corrected chi connectivity index (χ3v) is 7.09. The van der Waals surface area contributed by atoms with Gasteiger partial charge < -0.3 is 5.73 Å². The van der Waals surface area contributed by atoms with Crippen LogP contribution in [0.3, 0.4) is 0 Å². The lowest BCUT2D eigenvalue weighted by Crippen LogP contribution is -2.39. The molecule has 1 fully saturated rings. The lowest BCUT2D eigenvalue weighted by molar-refractivity contribution is 0.163. The van der Waals surface area contributed by atoms with E-state index in [0.717, 1.165) is 19.6 Å². The Morgan fingerprint density at radius 1 is 1.44 bits per heavy atom. The molecule has 2 nitrogen and oxygen atoms in total. The van der Waals surface area contributed by atoms with Gasteiger partial charge >= 0.3 is 0 Å². The van der Waals surface area contributed by atoms with Crippen LogP contribution in [0.5, 0.6) is 0 Å². The maximum Gasteiger partial charge on any atom is 0.0843 e. The van der Waals surface area contributed by atoms with E-state index < -0.39 is 0 Å². The Bertz CT molecular complexity index is 375. The molecule has 0 aliphatic heterocycles. The predicted octanol–water partition coefficient (Wildman–Crippen LogP) is 4.22. The van der Waals surface area contributed by atoms with E-state index in [-0.39, 0.29) is 0 Å². The van der Waals surface area contributed by atoms with Crippen molar-refractivity contribution in [2.24, 2.45) is 11.7 Å². The van der Waals surface area contributed by atoms with Crippen LogP contribution in [-0.4, -0.2) is 24.0 Å². The maximum absolute atomic E-state index is 5.90. The third-order valence-electron chi connectivity index (χ3n) is 3.85. The highest BCUT2D eigenvalue weighted by Crippen LogP contribution is 2.35. The average molecular weight is 396 g/mol. The molecule has 1 aliphatic rings. The van der Waals surface area contributed by atoms with Gasteiger partial charge in [-0.05, 0) is 69.8 Å². The molecule has 2 rings (SSSR count). The van der Waals surface area contributed by atoms with Crippen LogP contribution < -0.4 is 5.73 Å². The molecule has 2 atom stereocenters. The Kier molecular flexibility index (Phi) is 5.69. The number of hydrogen-bond donors (Lipinski definition) is 1. The molecule has 0 aromatic carbocycles. The monoisotopic (exact) mass is 394 g/mol. The minimum Gasteiger partial charge on any atom is -0.330 e. The van der Waals surface area contributed by atoms with Gasteiger partial charge in [-0.1, -0.05) is 13.3 Å². The van der Waals surface area contributed by atoms with Gasteiger partial charge in [0.25, 0.3) is 0 Å². The van der Waals surface area contributed by atoms with Crippen molar-refractivity contribution in [2.45, 2.75) is 38.8 Å². The van der Waals surface area contributed by atoms with Crippen molar-refractivity contribution >= 4 is 43.2 Å². The lowest BCUT2D eigenvalue weighted by atomic mass is 10.0. The van der Waals surface area contributed by atoms with E-state index in [1.807, 2.05) is 11.3 Å². The Morgan fingerprint density at radius 3 is 2.78 bits per heavy atom. The highest BCUT2D eigenvalue weighted by Gasteiger charge is 2.30. The zero-order chi connectivity index (χ0) is 13.1. The molecule has 0 bridgehead atoms. The molecule has 1 saturated carbocycles. The van der Waals surface area contributed by atoms with Crippen LogP contribution in [0.4, 0.5) is 0 Å². The molecule has 0 spiro atoms. The molecule has 1 heterocycles. The highest BCUT2D eigenvalue weighted by molar-refractivity contribution is 9.13. The molecular formula is C13H20Br2N2S. The van der Waals surface area contributed by atoms with Crippen molar-refractivity contribution in [3.05, 3.63) is 19.2 Å². The summed E-state index contributed by atoms with van der Waals surface area (Å²) in [6.45, 7) is 5.24. The summed E-state index contributed by atoms with van der Waals surface area (Å²) < 4.78 is 2.36. The SMILES string of the molecule is CCN(Cc1cc(Br)c(Br)s1)C1CCCC1CN. The van der Waals surface area contributed by atoms with E-state index in [4.69, 9.17) is 5.73 Å². The van der Waals surface area contributed by atoms with Crippen LogP contribution >= 0.6 is 43.2 Å². The van der Waals surface area contributed by atoms with Gasteiger partial charge in [-0.3, -0.25) is 4.90 Å².